The van der Waals surface area contributed by atoms with Crippen LogP contribution < -0.4 is 4.74 Å². The summed E-state index contributed by atoms with van der Waals surface area (Å²) in [5.41, 5.74) is 2.21. The minimum absolute atomic E-state index is 0.157. The molecule has 0 unspecified atom stereocenters. The molecule has 12 nitrogen and oxygen atoms in total. The predicted molar refractivity (Wildman–Crippen MR) is 143 cm³/mol. The zero-order chi connectivity index (χ0) is 30.1. The van der Waals surface area contributed by atoms with E-state index in [2.05, 4.69) is 11.5 Å². The molecule has 2 aliphatic heterocycles. The lowest BCUT2D eigenvalue weighted by molar-refractivity contribution is -0.174. The van der Waals surface area contributed by atoms with Gasteiger partial charge >= 0.3 is 23.9 Å². The highest BCUT2D eigenvalue weighted by Gasteiger charge is 2.71. The Labute approximate surface area is 235 Å². The molecule has 1 aromatic carbocycles. The SMILES string of the molecule is C=C1CC[C@@]2(O)[C@H]3Cc4ccc(O)c5c4[C@@]2(CCN3CC2CC2)[C@H]1O5.O=C(O)/C=C/C(=O)O.O=C(O)/C=C/C(=O)O. The normalized spacial score (nSPS) is 29.0. The van der Waals surface area contributed by atoms with Crippen LogP contribution in [0, 0.1) is 5.92 Å². The van der Waals surface area contributed by atoms with Crippen LogP contribution in [0.2, 0.25) is 0 Å². The van der Waals surface area contributed by atoms with E-state index >= 15 is 0 Å². The number of likely N-dealkylation sites (tertiary alicyclic amines) is 1. The Morgan fingerprint density at radius 2 is 1.51 bits per heavy atom. The first-order valence-electron chi connectivity index (χ1n) is 13.2. The number of aliphatic hydroxyl groups is 1. The molecule has 3 aliphatic carbocycles. The van der Waals surface area contributed by atoms with Gasteiger partial charge in [0.05, 0.1) is 11.0 Å². The summed E-state index contributed by atoms with van der Waals surface area (Å²) < 4.78 is 6.29. The lowest BCUT2D eigenvalue weighted by atomic mass is 9.48. The van der Waals surface area contributed by atoms with E-state index in [-0.39, 0.29) is 17.9 Å². The van der Waals surface area contributed by atoms with Crippen molar-refractivity contribution in [3.8, 4) is 11.5 Å². The smallest absolute Gasteiger partial charge is 0.328 e. The number of aliphatic carboxylic acids is 4. The first-order chi connectivity index (χ1) is 19.3. The molecular weight excluding hydrogens is 538 g/mol. The number of hydrogen-bond acceptors (Lipinski definition) is 8. The Hall–Kier alpha value is -4.16. The maximum Gasteiger partial charge on any atom is 0.328 e. The zero-order valence-electron chi connectivity index (χ0n) is 22.2. The maximum atomic E-state index is 12.1. The summed E-state index contributed by atoms with van der Waals surface area (Å²) >= 11 is 0. The van der Waals surface area contributed by atoms with E-state index in [1.165, 1.54) is 18.4 Å². The number of benzene rings is 1. The topological polar surface area (TPSA) is 202 Å². The molecule has 1 aromatic rings. The van der Waals surface area contributed by atoms with Crippen LogP contribution in [0.3, 0.4) is 0 Å². The fourth-order valence-electron chi connectivity index (χ4n) is 6.68. The Morgan fingerprint density at radius 1 is 0.951 bits per heavy atom. The molecule has 0 amide bonds. The van der Waals surface area contributed by atoms with Gasteiger partial charge in [-0.25, -0.2) is 19.2 Å². The van der Waals surface area contributed by atoms with Crippen LogP contribution in [0.15, 0.2) is 48.6 Å². The molecule has 2 saturated carbocycles. The van der Waals surface area contributed by atoms with Crippen LogP contribution in [0.25, 0.3) is 0 Å². The molecule has 5 aliphatic rings. The maximum absolute atomic E-state index is 12.1. The van der Waals surface area contributed by atoms with Crippen molar-refractivity contribution in [2.24, 2.45) is 5.92 Å². The molecule has 1 spiro atoms. The van der Waals surface area contributed by atoms with Gasteiger partial charge in [0, 0.05) is 42.5 Å². The van der Waals surface area contributed by atoms with Gasteiger partial charge in [-0.2, -0.15) is 0 Å². The molecule has 1 saturated heterocycles. The van der Waals surface area contributed by atoms with Crippen molar-refractivity contribution in [2.45, 2.75) is 61.7 Å². The number of phenolic OH excluding ortho intramolecular Hbond substituents is 1. The second-order valence-corrected chi connectivity index (χ2v) is 10.9. The summed E-state index contributed by atoms with van der Waals surface area (Å²) in [6.45, 7) is 6.40. The van der Waals surface area contributed by atoms with Crippen molar-refractivity contribution in [2.75, 3.05) is 13.1 Å². The minimum Gasteiger partial charge on any atom is -0.504 e. The number of rotatable bonds is 6. The highest BCUT2D eigenvalue weighted by molar-refractivity contribution is 5.90. The number of aromatic hydroxyl groups is 1. The third kappa shape index (κ3) is 5.70. The minimum atomic E-state index is -1.26. The Morgan fingerprint density at radius 3 is 2.02 bits per heavy atom. The second-order valence-electron chi connectivity index (χ2n) is 10.9. The number of carboxylic acid groups (broad SMARTS) is 4. The highest BCUT2D eigenvalue weighted by atomic mass is 16.5. The van der Waals surface area contributed by atoms with Crippen molar-refractivity contribution < 1.29 is 54.6 Å². The van der Waals surface area contributed by atoms with E-state index in [9.17, 15) is 29.4 Å². The van der Waals surface area contributed by atoms with Crippen molar-refractivity contribution in [3.63, 3.8) is 0 Å². The third-order valence-corrected chi connectivity index (χ3v) is 8.45. The molecule has 0 aromatic heterocycles. The predicted octanol–water partition coefficient (Wildman–Crippen LogP) is 1.94. The fraction of sp³-hybridized carbons (Fsp3) is 0.448. The number of carboxylic acids is 4. The molecule has 4 atom stereocenters. The fourth-order valence-corrected chi connectivity index (χ4v) is 6.68. The summed E-state index contributed by atoms with van der Waals surface area (Å²) in [6.07, 6.45) is 8.02. The van der Waals surface area contributed by atoms with E-state index in [0.29, 0.717) is 30.1 Å². The molecule has 2 bridgehead atoms. The van der Waals surface area contributed by atoms with Gasteiger partial charge in [0.25, 0.3) is 0 Å². The average Bonchev–Trinajstić information content (AvgIpc) is 3.64. The molecular formula is C29H33NO11. The van der Waals surface area contributed by atoms with Gasteiger partial charge in [-0.05, 0) is 68.2 Å². The first-order valence-corrected chi connectivity index (χ1v) is 13.2. The van der Waals surface area contributed by atoms with Gasteiger partial charge in [-0.15, -0.1) is 0 Å². The quantitative estimate of drug-likeness (QED) is 0.214. The number of piperidine rings is 1. The molecule has 0 radical (unpaired) electrons. The highest BCUT2D eigenvalue weighted by Crippen LogP contribution is 2.66. The van der Waals surface area contributed by atoms with Crippen molar-refractivity contribution in [3.05, 3.63) is 59.7 Å². The van der Waals surface area contributed by atoms with E-state index in [4.69, 9.17) is 25.2 Å². The first kappa shape index (κ1) is 29.8. The van der Waals surface area contributed by atoms with E-state index < -0.39 is 34.9 Å². The van der Waals surface area contributed by atoms with Crippen LogP contribution in [-0.4, -0.2) is 90.3 Å². The van der Waals surface area contributed by atoms with Gasteiger partial charge in [-0.1, -0.05) is 12.6 Å². The van der Waals surface area contributed by atoms with Crippen LogP contribution in [0.4, 0.5) is 0 Å². The van der Waals surface area contributed by atoms with Crippen LogP contribution in [0.5, 0.6) is 11.5 Å². The van der Waals surface area contributed by atoms with Gasteiger partial charge in [0.1, 0.15) is 6.10 Å². The third-order valence-electron chi connectivity index (χ3n) is 8.45. The molecule has 41 heavy (non-hydrogen) atoms. The number of carbonyl (C=O) groups is 4. The summed E-state index contributed by atoms with van der Waals surface area (Å²) in [4.78, 5) is 40.8. The molecule has 6 rings (SSSR count). The van der Waals surface area contributed by atoms with E-state index in [1.807, 2.05) is 6.07 Å². The molecule has 2 heterocycles. The van der Waals surface area contributed by atoms with Crippen molar-refractivity contribution in [1.29, 1.82) is 0 Å². The summed E-state index contributed by atoms with van der Waals surface area (Å²) in [6, 6.07) is 3.96. The molecule has 3 fully saturated rings. The average molecular weight is 572 g/mol. The van der Waals surface area contributed by atoms with Gasteiger partial charge < -0.3 is 35.4 Å². The standard InChI is InChI=1S/C21H25NO3.2C4H4O4/c1-12-6-7-21(24)16-10-14-4-5-15(23)18-17(14)20(21,19(12)25-18)8-9-22(16)11-13-2-3-13;2*5-3(6)1-2-4(7)8/h4-5,13,16,19,23-24H,1-3,6-11H2;2*1-2H,(H,5,6)(H,7,8)/b;2*2-1+/t16-,19+,20+,21-;;/m1../s1. The Balaban J connectivity index is 0.000000202. The van der Waals surface area contributed by atoms with E-state index in [0.717, 1.165) is 55.8 Å². The lowest BCUT2D eigenvalue weighted by Crippen LogP contribution is -2.75. The van der Waals surface area contributed by atoms with Gasteiger partial charge in [-0.3, -0.25) is 4.90 Å². The number of ether oxygens (including phenoxy) is 1. The monoisotopic (exact) mass is 571 g/mol. The molecule has 12 heteroatoms. The number of nitrogens with zero attached hydrogens (tertiary/aromatic N) is 1. The Kier molecular flexibility index (Phi) is 8.27. The Bertz CT molecular complexity index is 1260. The number of phenols is 1. The van der Waals surface area contributed by atoms with Crippen LogP contribution in [0.1, 0.15) is 43.2 Å². The summed E-state index contributed by atoms with van der Waals surface area (Å²) in [7, 11) is 0. The summed E-state index contributed by atoms with van der Waals surface area (Å²) in [5, 5.41) is 53.7. The van der Waals surface area contributed by atoms with Gasteiger partial charge in [0.2, 0.25) is 0 Å². The largest absolute Gasteiger partial charge is 0.504 e. The van der Waals surface area contributed by atoms with Crippen molar-refractivity contribution >= 4 is 23.9 Å². The van der Waals surface area contributed by atoms with Crippen molar-refractivity contribution in [1.82, 2.24) is 4.90 Å². The molecule has 6 N–H and O–H groups in total. The lowest BCUT2D eigenvalue weighted by Gasteiger charge is -2.63. The van der Waals surface area contributed by atoms with E-state index in [1.54, 1.807) is 6.07 Å². The van der Waals surface area contributed by atoms with Gasteiger partial charge in [0.15, 0.2) is 11.5 Å². The van der Waals surface area contributed by atoms with Crippen LogP contribution in [-0.2, 0) is 31.0 Å². The molecule has 220 valence electrons. The zero-order valence-corrected chi connectivity index (χ0v) is 22.2. The number of hydrogen-bond donors (Lipinski definition) is 6. The second kappa shape index (κ2) is 11.4. The van der Waals surface area contributed by atoms with Crippen LogP contribution >= 0.6 is 0 Å². The summed E-state index contributed by atoms with van der Waals surface area (Å²) in [5.74, 6) is -3.39.